The summed E-state index contributed by atoms with van der Waals surface area (Å²) in [6.07, 6.45) is 1.72. The molecule has 7 heteroatoms. The van der Waals surface area contributed by atoms with Crippen molar-refractivity contribution < 1.29 is 9.84 Å². The van der Waals surface area contributed by atoms with E-state index in [1.54, 1.807) is 0 Å². The Morgan fingerprint density at radius 3 is 3.00 bits per heavy atom. The number of fused-ring (bicyclic) bond motifs is 1. The zero-order chi connectivity index (χ0) is 15.6. The number of ether oxygens (including phenoxy) is 1. The molecule has 1 aliphatic heterocycles. The van der Waals surface area contributed by atoms with E-state index in [-0.39, 0.29) is 17.6 Å². The van der Waals surface area contributed by atoms with E-state index in [2.05, 4.69) is 14.9 Å². The van der Waals surface area contributed by atoms with Gasteiger partial charge in [-0.2, -0.15) is 0 Å². The molecule has 2 N–H and O–H groups in total. The Morgan fingerprint density at radius 2 is 2.27 bits per heavy atom. The Hall–Kier alpha value is -1.28. The highest BCUT2D eigenvalue weighted by Crippen LogP contribution is 2.30. The van der Waals surface area contributed by atoms with Gasteiger partial charge in [-0.1, -0.05) is 0 Å². The van der Waals surface area contributed by atoms with Gasteiger partial charge < -0.3 is 14.8 Å². The molecule has 6 nitrogen and oxygen atoms in total. The number of H-pyrrole nitrogens is 1. The van der Waals surface area contributed by atoms with Crippen LogP contribution in [0.1, 0.15) is 18.7 Å². The molecule has 2 aromatic heterocycles. The van der Waals surface area contributed by atoms with E-state index < -0.39 is 0 Å². The van der Waals surface area contributed by atoms with Gasteiger partial charge in [0.15, 0.2) is 0 Å². The van der Waals surface area contributed by atoms with Gasteiger partial charge in [-0.15, -0.1) is 11.3 Å². The van der Waals surface area contributed by atoms with Crippen molar-refractivity contribution >= 4 is 21.6 Å². The minimum Gasteiger partial charge on any atom is -0.396 e. The molecule has 0 atom stereocenters. The third kappa shape index (κ3) is 3.22. The molecular formula is C15H21N3O3S. The first-order valence-electron chi connectivity index (χ1n) is 7.45. The average molecular weight is 323 g/mol. The highest BCUT2D eigenvalue weighted by molar-refractivity contribution is 7.17. The number of nitrogens with one attached hydrogen (secondary N) is 1. The Morgan fingerprint density at radius 1 is 1.50 bits per heavy atom. The predicted octanol–water partition coefficient (Wildman–Crippen LogP) is 1.21. The fourth-order valence-electron chi connectivity index (χ4n) is 3.05. The summed E-state index contributed by atoms with van der Waals surface area (Å²) in [5.74, 6) is 0.665. The minimum absolute atomic E-state index is 0.0775. The van der Waals surface area contributed by atoms with Gasteiger partial charge >= 0.3 is 0 Å². The van der Waals surface area contributed by atoms with Gasteiger partial charge in [0.05, 0.1) is 18.7 Å². The van der Waals surface area contributed by atoms with Gasteiger partial charge in [0.25, 0.3) is 5.56 Å². The van der Waals surface area contributed by atoms with Crippen molar-refractivity contribution in [3.63, 3.8) is 0 Å². The molecule has 120 valence electrons. The highest BCUT2D eigenvalue weighted by Gasteiger charge is 2.33. The molecule has 0 bridgehead atoms. The third-order valence-electron chi connectivity index (χ3n) is 4.28. The number of rotatable bonds is 5. The number of aliphatic hydroxyl groups excluding tert-OH is 1. The zero-order valence-corrected chi connectivity index (χ0v) is 13.5. The molecule has 0 saturated carbocycles. The van der Waals surface area contributed by atoms with Gasteiger partial charge in [-0.3, -0.25) is 9.69 Å². The predicted molar refractivity (Wildman–Crippen MR) is 86.1 cm³/mol. The molecule has 0 spiro atoms. The molecule has 0 aliphatic carbocycles. The van der Waals surface area contributed by atoms with Crippen molar-refractivity contribution in [1.82, 2.24) is 14.9 Å². The number of thiophene rings is 1. The van der Waals surface area contributed by atoms with E-state index in [4.69, 9.17) is 4.74 Å². The molecule has 0 unspecified atom stereocenters. The van der Waals surface area contributed by atoms with Crippen LogP contribution in [0.5, 0.6) is 0 Å². The molecule has 1 saturated heterocycles. The summed E-state index contributed by atoms with van der Waals surface area (Å²) in [5.41, 5.74) is 0.561. The summed E-state index contributed by atoms with van der Waals surface area (Å²) >= 11 is 1.41. The fourth-order valence-corrected chi connectivity index (χ4v) is 3.78. The number of aliphatic hydroxyl groups is 1. The fraction of sp³-hybridized carbons (Fsp3) is 0.600. The maximum absolute atomic E-state index is 12.0. The van der Waals surface area contributed by atoms with E-state index in [9.17, 15) is 9.90 Å². The monoisotopic (exact) mass is 323 g/mol. The molecule has 22 heavy (non-hydrogen) atoms. The van der Waals surface area contributed by atoms with Crippen molar-refractivity contribution in [2.75, 3.05) is 33.4 Å². The molecule has 0 amide bonds. The Kier molecular flexibility index (Phi) is 4.58. The smallest absolute Gasteiger partial charge is 0.268 e. The Labute approximate surface area is 132 Å². The molecule has 1 aliphatic rings. The maximum Gasteiger partial charge on any atom is 0.268 e. The van der Waals surface area contributed by atoms with Crippen LogP contribution < -0.4 is 5.56 Å². The van der Waals surface area contributed by atoms with Crippen molar-refractivity contribution in [3.8, 4) is 0 Å². The molecule has 3 rings (SSSR count). The number of aromatic nitrogens is 2. The number of nitrogens with zero attached hydrogens (tertiary/aromatic N) is 2. The van der Waals surface area contributed by atoms with Crippen molar-refractivity contribution in [2.45, 2.75) is 19.4 Å². The van der Waals surface area contributed by atoms with Gasteiger partial charge in [-0.25, -0.2) is 4.98 Å². The second-order valence-corrected chi connectivity index (χ2v) is 7.01. The lowest BCUT2D eigenvalue weighted by Crippen LogP contribution is -2.42. The number of hydrogen-bond donors (Lipinski definition) is 2. The van der Waals surface area contributed by atoms with Crippen LogP contribution in [0.2, 0.25) is 0 Å². The lowest BCUT2D eigenvalue weighted by Gasteiger charge is -2.38. The van der Waals surface area contributed by atoms with Crippen LogP contribution >= 0.6 is 11.3 Å². The van der Waals surface area contributed by atoms with Gasteiger partial charge in [-0.05, 0) is 31.3 Å². The van der Waals surface area contributed by atoms with E-state index in [0.29, 0.717) is 30.3 Å². The molecule has 2 aromatic rings. The highest BCUT2D eigenvalue weighted by atomic mass is 32.1. The van der Waals surface area contributed by atoms with Crippen LogP contribution in [0.25, 0.3) is 10.2 Å². The SMILES string of the molecule is CN(Cc1nc2ccsc2c(=O)[nH]1)CC1(CO)CCOCC1. The summed E-state index contributed by atoms with van der Waals surface area (Å²) in [6.45, 7) is 2.88. The lowest BCUT2D eigenvalue weighted by atomic mass is 9.80. The van der Waals surface area contributed by atoms with E-state index >= 15 is 0 Å². The zero-order valence-electron chi connectivity index (χ0n) is 12.7. The molecular weight excluding hydrogens is 302 g/mol. The quantitative estimate of drug-likeness (QED) is 0.864. The summed E-state index contributed by atoms with van der Waals surface area (Å²) in [6, 6.07) is 1.87. The van der Waals surface area contributed by atoms with Gasteiger partial charge in [0, 0.05) is 25.2 Å². The summed E-state index contributed by atoms with van der Waals surface area (Å²) in [5, 5.41) is 11.6. The molecule has 1 fully saturated rings. The standard InChI is InChI=1S/C15H21N3O3S/c1-18(9-15(10-19)3-5-21-6-4-15)8-12-16-11-2-7-22-13(11)14(20)17-12/h2,7,19H,3-6,8-10H2,1H3,(H,16,17,20). The van der Waals surface area contributed by atoms with Gasteiger partial charge in [0.1, 0.15) is 10.5 Å². The minimum atomic E-state index is -0.111. The second kappa shape index (κ2) is 6.45. The second-order valence-electron chi connectivity index (χ2n) is 6.09. The first-order chi connectivity index (χ1) is 10.6. The van der Waals surface area contributed by atoms with Crippen LogP contribution in [0.15, 0.2) is 16.2 Å². The van der Waals surface area contributed by atoms with E-state index in [1.165, 1.54) is 11.3 Å². The average Bonchev–Trinajstić information content (AvgIpc) is 2.97. The largest absolute Gasteiger partial charge is 0.396 e. The third-order valence-corrected chi connectivity index (χ3v) is 5.18. The molecule has 0 radical (unpaired) electrons. The van der Waals surface area contributed by atoms with Crippen LogP contribution in [0, 0.1) is 5.41 Å². The van der Waals surface area contributed by atoms with Crippen LogP contribution in [-0.2, 0) is 11.3 Å². The van der Waals surface area contributed by atoms with Crippen molar-refractivity contribution in [3.05, 3.63) is 27.6 Å². The van der Waals surface area contributed by atoms with Crippen LogP contribution in [0.4, 0.5) is 0 Å². The maximum atomic E-state index is 12.0. The normalized spacial score (nSPS) is 18.1. The topological polar surface area (TPSA) is 78.5 Å². The Balaban J connectivity index is 1.72. The number of hydrogen-bond acceptors (Lipinski definition) is 6. The molecule has 3 heterocycles. The first kappa shape index (κ1) is 15.6. The van der Waals surface area contributed by atoms with Crippen LogP contribution in [0.3, 0.4) is 0 Å². The van der Waals surface area contributed by atoms with Crippen LogP contribution in [-0.4, -0.2) is 53.4 Å². The van der Waals surface area contributed by atoms with Gasteiger partial charge in [0.2, 0.25) is 0 Å². The van der Waals surface area contributed by atoms with Crippen molar-refractivity contribution in [2.24, 2.45) is 5.41 Å². The van der Waals surface area contributed by atoms with E-state index in [0.717, 1.165) is 24.9 Å². The summed E-state index contributed by atoms with van der Waals surface area (Å²) in [4.78, 5) is 21.5. The van der Waals surface area contributed by atoms with E-state index in [1.807, 2.05) is 18.5 Å². The molecule has 0 aromatic carbocycles. The summed E-state index contributed by atoms with van der Waals surface area (Å²) < 4.78 is 6.06. The number of aromatic amines is 1. The first-order valence-corrected chi connectivity index (χ1v) is 8.33. The Bertz CT molecular complexity index is 691. The summed E-state index contributed by atoms with van der Waals surface area (Å²) in [7, 11) is 1.99. The lowest BCUT2D eigenvalue weighted by molar-refractivity contribution is -0.0320. The van der Waals surface area contributed by atoms with Crippen molar-refractivity contribution in [1.29, 1.82) is 0 Å².